The van der Waals surface area contributed by atoms with Crippen molar-refractivity contribution in [3.05, 3.63) is 23.2 Å². The Hall–Kier alpha value is -1.33. The molecule has 1 saturated heterocycles. The Labute approximate surface area is 106 Å². The lowest BCUT2D eigenvalue weighted by Gasteiger charge is -2.33. The van der Waals surface area contributed by atoms with Crippen LogP contribution in [0.5, 0.6) is 0 Å². The summed E-state index contributed by atoms with van der Waals surface area (Å²) in [7, 11) is 0. The lowest BCUT2D eigenvalue weighted by Crippen LogP contribution is -2.41. The largest absolute Gasteiger partial charge is 0.478 e. The summed E-state index contributed by atoms with van der Waals surface area (Å²) in [6.07, 6.45) is 3.24. The summed E-state index contributed by atoms with van der Waals surface area (Å²) in [5.41, 5.74) is 0.225. The number of carboxylic acid groups (broad SMARTS) is 1. The SMILES string of the molecule is Cc1oc(CN2CCCCC2CO)cc1C(=O)O. The molecular formula is C13H19NO4. The van der Waals surface area contributed by atoms with Crippen LogP contribution in [-0.4, -0.2) is 40.3 Å². The number of likely N-dealkylation sites (tertiary alicyclic amines) is 1. The Morgan fingerprint density at radius 2 is 2.33 bits per heavy atom. The zero-order valence-electron chi connectivity index (χ0n) is 10.6. The van der Waals surface area contributed by atoms with Crippen molar-refractivity contribution in [3.8, 4) is 0 Å². The number of rotatable bonds is 4. The third-order valence-corrected chi connectivity index (χ3v) is 3.52. The molecule has 18 heavy (non-hydrogen) atoms. The van der Waals surface area contributed by atoms with E-state index < -0.39 is 5.97 Å². The summed E-state index contributed by atoms with van der Waals surface area (Å²) in [6.45, 7) is 3.30. The quantitative estimate of drug-likeness (QED) is 0.853. The molecule has 5 nitrogen and oxygen atoms in total. The highest BCUT2D eigenvalue weighted by molar-refractivity contribution is 5.88. The average Bonchev–Trinajstić information content (AvgIpc) is 2.71. The summed E-state index contributed by atoms with van der Waals surface area (Å²) >= 11 is 0. The fourth-order valence-electron chi connectivity index (χ4n) is 2.51. The Balaban J connectivity index is 2.08. The normalized spacial score (nSPS) is 21.1. The van der Waals surface area contributed by atoms with E-state index in [4.69, 9.17) is 9.52 Å². The van der Waals surface area contributed by atoms with Crippen molar-refractivity contribution < 1.29 is 19.4 Å². The fraction of sp³-hybridized carbons (Fsp3) is 0.615. The van der Waals surface area contributed by atoms with Crippen LogP contribution >= 0.6 is 0 Å². The van der Waals surface area contributed by atoms with Gasteiger partial charge >= 0.3 is 5.97 Å². The summed E-state index contributed by atoms with van der Waals surface area (Å²) in [5.74, 6) is 0.139. The minimum atomic E-state index is -0.958. The van der Waals surface area contributed by atoms with Crippen molar-refractivity contribution in [1.29, 1.82) is 0 Å². The first-order valence-corrected chi connectivity index (χ1v) is 6.29. The van der Waals surface area contributed by atoms with E-state index in [1.54, 1.807) is 13.0 Å². The molecule has 2 rings (SSSR count). The van der Waals surface area contributed by atoms with Crippen LogP contribution in [0.1, 0.15) is 41.1 Å². The standard InChI is InChI=1S/C13H19NO4/c1-9-12(13(16)17)6-11(18-9)7-14-5-3-2-4-10(14)8-15/h6,10,15H,2-5,7-8H2,1H3,(H,16,17). The van der Waals surface area contributed by atoms with Gasteiger partial charge in [-0.2, -0.15) is 0 Å². The maximum absolute atomic E-state index is 10.9. The van der Waals surface area contributed by atoms with E-state index in [1.807, 2.05) is 0 Å². The van der Waals surface area contributed by atoms with E-state index in [2.05, 4.69) is 4.90 Å². The molecule has 1 aliphatic heterocycles. The van der Waals surface area contributed by atoms with Gasteiger partial charge in [0.05, 0.1) is 13.2 Å². The molecule has 0 saturated carbocycles. The van der Waals surface area contributed by atoms with Gasteiger partial charge in [0.2, 0.25) is 0 Å². The molecule has 2 heterocycles. The van der Waals surface area contributed by atoms with Gasteiger partial charge < -0.3 is 14.6 Å². The summed E-state index contributed by atoms with van der Waals surface area (Å²) in [4.78, 5) is 13.1. The Morgan fingerprint density at radius 3 is 2.94 bits per heavy atom. The number of furan rings is 1. The maximum Gasteiger partial charge on any atom is 0.339 e. The summed E-state index contributed by atoms with van der Waals surface area (Å²) < 4.78 is 5.47. The molecule has 1 aromatic heterocycles. The monoisotopic (exact) mass is 253 g/mol. The van der Waals surface area contributed by atoms with Crippen LogP contribution in [0.2, 0.25) is 0 Å². The Bertz CT molecular complexity index is 427. The number of hydrogen-bond acceptors (Lipinski definition) is 4. The van der Waals surface area contributed by atoms with E-state index in [9.17, 15) is 9.90 Å². The molecule has 2 N–H and O–H groups in total. The maximum atomic E-state index is 10.9. The molecule has 0 spiro atoms. The Kier molecular flexibility index (Phi) is 4.04. The van der Waals surface area contributed by atoms with E-state index in [-0.39, 0.29) is 18.2 Å². The molecule has 0 aliphatic carbocycles. The first-order chi connectivity index (χ1) is 8.61. The van der Waals surface area contributed by atoms with Gasteiger partial charge in [0, 0.05) is 6.04 Å². The van der Waals surface area contributed by atoms with Gasteiger partial charge in [0.15, 0.2) is 0 Å². The molecule has 100 valence electrons. The van der Waals surface area contributed by atoms with Crippen molar-refractivity contribution in [1.82, 2.24) is 4.90 Å². The Morgan fingerprint density at radius 1 is 1.56 bits per heavy atom. The molecule has 1 aromatic rings. The molecule has 1 aliphatic rings. The predicted molar refractivity (Wildman–Crippen MR) is 65.5 cm³/mol. The highest BCUT2D eigenvalue weighted by Crippen LogP contribution is 2.22. The highest BCUT2D eigenvalue weighted by Gasteiger charge is 2.23. The van der Waals surface area contributed by atoms with E-state index >= 15 is 0 Å². The van der Waals surface area contributed by atoms with Crippen LogP contribution in [0.15, 0.2) is 10.5 Å². The van der Waals surface area contributed by atoms with E-state index in [1.165, 1.54) is 0 Å². The van der Waals surface area contributed by atoms with Gasteiger partial charge in [0.1, 0.15) is 17.1 Å². The fourth-order valence-corrected chi connectivity index (χ4v) is 2.51. The zero-order chi connectivity index (χ0) is 13.1. The molecular weight excluding hydrogens is 234 g/mol. The average molecular weight is 253 g/mol. The molecule has 0 amide bonds. The van der Waals surface area contributed by atoms with Gasteiger partial charge in [-0.1, -0.05) is 6.42 Å². The molecule has 1 unspecified atom stereocenters. The topological polar surface area (TPSA) is 73.9 Å². The van der Waals surface area contributed by atoms with Gasteiger partial charge in [-0.05, 0) is 32.4 Å². The molecule has 0 bridgehead atoms. The molecule has 1 fully saturated rings. The first-order valence-electron chi connectivity index (χ1n) is 6.29. The lowest BCUT2D eigenvalue weighted by molar-refractivity contribution is 0.0695. The lowest BCUT2D eigenvalue weighted by atomic mass is 10.0. The van der Waals surface area contributed by atoms with Crippen LogP contribution < -0.4 is 0 Å². The van der Waals surface area contributed by atoms with Gasteiger partial charge in [-0.15, -0.1) is 0 Å². The minimum absolute atomic E-state index is 0.144. The number of carboxylic acids is 1. The van der Waals surface area contributed by atoms with Gasteiger partial charge in [-0.3, -0.25) is 4.90 Å². The zero-order valence-corrected chi connectivity index (χ0v) is 10.6. The predicted octanol–water partition coefficient (Wildman–Crippen LogP) is 1.63. The number of nitrogens with zero attached hydrogens (tertiary/aromatic N) is 1. The number of aryl methyl sites for hydroxylation is 1. The second kappa shape index (κ2) is 5.54. The van der Waals surface area contributed by atoms with Crippen molar-refractivity contribution in [2.24, 2.45) is 0 Å². The van der Waals surface area contributed by atoms with E-state index in [0.717, 1.165) is 25.8 Å². The number of piperidine rings is 1. The number of aliphatic hydroxyl groups is 1. The van der Waals surface area contributed by atoms with Crippen molar-refractivity contribution in [3.63, 3.8) is 0 Å². The first kappa shape index (κ1) is 13.1. The van der Waals surface area contributed by atoms with E-state index in [0.29, 0.717) is 18.1 Å². The molecule has 0 radical (unpaired) electrons. The number of aromatic carboxylic acids is 1. The van der Waals surface area contributed by atoms with Crippen LogP contribution in [0.3, 0.4) is 0 Å². The molecule has 1 atom stereocenters. The van der Waals surface area contributed by atoms with Gasteiger partial charge in [-0.25, -0.2) is 4.79 Å². The third-order valence-electron chi connectivity index (χ3n) is 3.52. The second-order valence-electron chi connectivity index (χ2n) is 4.79. The van der Waals surface area contributed by atoms with Crippen LogP contribution in [0.25, 0.3) is 0 Å². The van der Waals surface area contributed by atoms with Crippen LogP contribution in [-0.2, 0) is 6.54 Å². The summed E-state index contributed by atoms with van der Waals surface area (Å²) in [6, 6.07) is 1.75. The minimum Gasteiger partial charge on any atom is -0.478 e. The van der Waals surface area contributed by atoms with Crippen LogP contribution in [0.4, 0.5) is 0 Å². The number of aliphatic hydroxyl groups excluding tert-OH is 1. The number of carbonyl (C=O) groups is 1. The smallest absolute Gasteiger partial charge is 0.339 e. The molecule has 0 aromatic carbocycles. The third kappa shape index (κ3) is 2.73. The van der Waals surface area contributed by atoms with Crippen molar-refractivity contribution in [2.45, 2.75) is 38.8 Å². The number of hydrogen-bond donors (Lipinski definition) is 2. The highest BCUT2D eigenvalue weighted by atomic mass is 16.4. The summed E-state index contributed by atoms with van der Waals surface area (Å²) in [5, 5.41) is 18.3. The van der Waals surface area contributed by atoms with Crippen molar-refractivity contribution >= 4 is 5.97 Å². The van der Waals surface area contributed by atoms with Gasteiger partial charge in [0.25, 0.3) is 0 Å². The molecule has 5 heteroatoms. The van der Waals surface area contributed by atoms with Crippen LogP contribution in [0, 0.1) is 6.92 Å². The second-order valence-corrected chi connectivity index (χ2v) is 4.79. The van der Waals surface area contributed by atoms with Crippen molar-refractivity contribution in [2.75, 3.05) is 13.2 Å².